The number of rotatable bonds is 3. The van der Waals surface area contributed by atoms with Gasteiger partial charge in [-0.15, -0.1) is 0 Å². The van der Waals surface area contributed by atoms with Crippen molar-refractivity contribution in [2.24, 2.45) is 0 Å². The van der Waals surface area contributed by atoms with E-state index in [0.29, 0.717) is 0 Å². The molecule has 1 aliphatic rings. The lowest BCUT2D eigenvalue weighted by molar-refractivity contribution is 0.158. The average Bonchev–Trinajstić information content (AvgIpc) is 3.22. The highest BCUT2D eigenvalue weighted by Crippen LogP contribution is 2.51. The zero-order valence-electron chi connectivity index (χ0n) is 17.0. The van der Waals surface area contributed by atoms with Crippen molar-refractivity contribution in [2.45, 2.75) is 24.9 Å². The van der Waals surface area contributed by atoms with E-state index in [1.807, 2.05) is 18.2 Å². The molecule has 0 amide bonds. The third-order valence-electron chi connectivity index (χ3n) is 5.99. The molecule has 0 N–H and O–H groups in total. The lowest BCUT2D eigenvalue weighted by Crippen LogP contribution is -2.37. The third kappa shape index (κ3) is 3.37. The van der Waals surface area contributed by atoms with Crippen molar-refractivity contribution in [1.29, 1.82) is 0 Å². The highest BCUT2D eigenvalue weighted by atomic mass is 35.5. The average molecular weight is 432 g/mol. The molecule has 0 saturated heterocycles. The Bertz CT molecular complexity index is 1140. The number of aromatic nitrogens is 2. The maximum Gasteiger partial charge on any atom is 0.0776 e. The van der Waals surface area contributed by atoms with Crippen molar-refractivity contribution >= 4 is 20.0 Å². The van der Waals surface area contributed by atoms with Crippen LogP contribution in [-0.2, 0) is 0 Å². The first kappa shape index (κ1) is 19.5. The number of hydrogen-bond acceptors (Lipinski definition) is 2. The van der Waals surface area contributed by atoms with Gasteiger partial charge in [0.15, 0.2) is 0 Å². The minimum Gasteiger partial charge on any atom is -0.287 e. The van der Waals surface area contributed by atoms with Crippen LogP contribution in [0.25, 0.3) is 5.69 Å². The predicted octanol–water partition coefficient (Wildman–Crippen LogP) is 6.99. The number of hydrogen-bond donors (Lipinski definition) is 0. The molecule has 3 unspecified atom stereocenters. The summed E-state index contributed by atoms with van der Waals surface area (Å²) in [6.07, 6.45) is 0. The van der Waals surface area contributed by atoms with E-state index in [-0.39, 0.29) is 18.0 Å². The first-order chi connectivity index (χ1) is 14.6. The number of nitrogens with zero attached hydrogens (tertiary/aromatic N) is 3. The summed E-state index contributed by atoms with van der Waals surface area (Å²) < 4.78 is 2.12. The molecule has 0 spiro atoms. The molecule has 3 aromatic carbocycles. The Labute approximate surface area is 184 Å². The molecule has 30 heavy (non-hydrogen) atoms. The Morgan fingerprint density at radius 2 is 1.47 bits per heavy atom. The van der Waals surface area contributed by atoms with Crippen molar-refractivity contribution in [2.75, 3.05) is 7.05 Å². The second-order valence-corrected chi connectivity index (χ2v) is 9.36. The molecule has 1 aromatic heterocycles. The van der Waals surface area contributed by atoms with Crippen molar-refractivity contribution in [3.8, 4) is 5.69 Å². The van der Waals surface area contributed by atoms with Crippen molar-refractivity contribution in [3.63, 3.8) is 0 Å². The molecule has 3 atom stereocenters. The summed E-state index contributed by atoms with van der Waals surface area (Å²) in [5.74, 6) is 0.289. The van der Waals surface area contributed by atoms with Gasteiger partial charge in [-0.05, 0) is 42.4 Å². The Kier molecular flexibility index (Phi) is 5.20. The summed E-state index contributed by atoms with van der Waals surface area (Å²) >= 11 is 6.20. The highest BCUT2D eigenvalue weighted by molar-refractivity contribution is 7.27. The number of likely N-dealkylation sites (N-methyl/N-ethyl adjacent to an activating group) is 1. The van der Waals surface area contributed by atoms with E-state index in [1.54, 1.807) is 0 Å². The lowest BCUT2D eigenvalue weighted by atomic mass is 9.83. The minimum absolute atomic E-state index is 0.151. The molecule has 0 aliphatic carbocycles. The van der Waals surface area contributed by atoms with Gasteiger partial charge in [0, 0.05) is 30.6 Å². The molecular weight excluding hydrogens is 409 g/mol. The fourth-order valence-corrected chi connectivity index (χ4v) is 6.10. The highest BCUT2D eigenvalue weighted by Gasteiger charge is 2.41. The predicted molar refractivity (Wildman–Crippen MR) is 125 cm³/mol. The fraction of sp³-hybridized carbons (Fsp3) is 0.200. The minimum atomic E-state index is 0.151. The first-order valence-electron chi connectivity index (χ1n) is 10.2. The standard InChI is InChI=1S/C25H23ClN3P/c1-17-22-25(30-29(27-22)21-11-7-4-8-12-21)24(19-13-15-20(26)16-14-19)28(2)23(17)18-9-5-3-6-10-18/h3-17,23-24H,1-2H3. The monoisotopic (exact) mass is 431 g/mol. The molecule has 3 nitrogen and oxygen atoms in total. The smallest absolute Gasteiger partial charge is 0.0776 e. The maximum absolute atomic E-state index is 6.20. The van der Waals surface area contributed by atoms with E-state index in [1.165, 1.54) is 22.1 Å². The van der Waals surface area contributed by atoms with Gasteiger partial charge in [0.05, 0.1) is 17.4 Å². The van der Waals surface area contributed by atoms with Crippen LogP contribution in [-0.4, -0.2) is 21.5 Å². The quantitative estimate of drug-likeness (QED) is 0.348. The van der Waals surface area contributed by atoms with Crippen molar-refractivity contribution < 1.29 is 0 Å². The third-order valence-corrected chi connectivity index (χ3v) is 7.44. The molecule has 0 fully saturated rings. The van der Waals surface area contributed by atoms with Gasteiger partial charge >= 0.3 is 0 Å². The van der Waals surface area contributed by atoms with Crippen LogP contribution in [0.15, 0.2) is 84.9 Å². The lowest BCUT2D eigenvalue weighted by Gasteiger charge is -2.42. The SMILES string of the molecule is CC1c2nn(-c3ccccc3)pc2C(c2ccc(Cl)cc2)N(C)C1c1ccccc1. The second-order valence-electron chi connectivity index (χ2n) is 7.86. The van der Waals surface area contributed by atoms with Gasteiger partial charge in [-0.3, -0.25) is 4.90 Å². The van der Waals surface area contributed by atoms with E-state index in [9.17, 15) is 0 Å². The van der Waals surface area contributed by atoms with Gasteiger partial charge in [0.25, 0.3) is 0 Å². The second kappa shape index (κ2) is 8.00. The molecule has 0 radical (unpaired) electrons. The van der Waals surface area contributed by atoms with E-state index < -0.39 is 0 Å². The van der Waals surface area contributed by atoms with Gasteiger partial charge in [0.2, 0.25) is 0 Å². The van der Waals surface area contributed by atoms with Gasteiger partial charge < -0.3 is 0 Å². The van der Waals surface area contributed by atoms with E-state index >= 15 is 0 Å². The van der Waals surface area contributed by atoms with Gasteiger partial charge in [-0.25, -0.2) is 4.44 Å². The van der Waals surface area contributed by atoms with Crippen LogP contribution in [0, 0.1) is 0 Å². The van der Waals surface area contributed by atoms with Gasteiger partial charge in [-0.2, -0.15) is 5.10 Å². The molecule has 4 aromatic rings. The Morgan fingerprint density at radius 1 is 0.833 bits per heavy atom. The molecule has 0 saturated carbocycles. The molecule has 2 heterocycles. The topological polar surface area (TPSA) is 21.1 Å². The summed E-state index contributed by atoms with van der Waals surface area (Å²) in [5, 5.41) is 7.23. The number of halogens is 1. The van der Waals surface area contributed by atoms with E-state index in [2.05, 4.69) is 90.0 Å². The van der Waals surface area contributed by atoms with E-state index in [0.717, 1.165) is 19.1 Å². The van der Waals surface area contributed by atoms with Gasteiger partial charge in [0.1, 0.15) is 0 Å². The van der Waals surface area contributed by atoms with Gasteiger partial charge in [-0.1, -0.05) is 79.2 Å². The van der Waals surface area contributed by atoms with Crippen LogP contribution >= 0.6 is 20.0 Å². The van der Waals surface area contributed by atoms with Crippen LogP contribution in [0.3, 0.4) is 0 Å². The molecule has 150 valence electrons. The van der Waals surface area contributed by atoms with E-state index in [4.69, 9.17) is 16.7 Å². The summed E-state index contributed by atoms with van der Waals surface area (Å²) in [6.45, 7) is 2.30. The van der Waals surface area contributed by atoms with Crippen LogP contribution in [0.2, 0.25) is 5.02 Å². The molecule has 5 heteroatoms. The fourth-order valence-electron chi connectivity index (χ4n) is 4.59. The maximum atomic E-state index is 6.20. The summed E-state index contributed by atoms with van der Waals surface area (Å²) in [7, 11) is 3.35. The van der Waals surface area contributed by atoms with Crippen LogP contribution < -0.4 is 0 Å². The summed E-state index contributed by atoms with van der Waals surface area (Å²) in [6, 6.07) is 29.9. The molecule has 0 bridgehead atoms. The largest absolute Gasteiger partial charge is 0.287 e. The van der Waals surface area contributed by atoms with Crippen molar-refractivity contribution in [1.82, 2.24) is 14.4 Å². The van der Waals surface area contributed by atoms with Crippen LogP contribution in [0.1, 0.15) is 47.0 Å². The summed E-state index contributed by atoms with van der Waals surface area (Å²) in [4.78, 5) is 2.50. The zero-order valence-corrected chi connectivity index (χ0v) is 18.6. The molecule has 5 rings (SSSR count). The Balaban J connectivity index is 1.68. The number of benzene rings is 3. The zero-order chi connectivity index (χ0) is 20.7. The van der Waals surface area contributed by atoms with Crippen LogP contribution in [0.4, 0.5) is 0 Å². The number of fused-ring (bicyclic) bond motifs is 1. The summed E-state index contributed by atoms with van der Waals surface area (Å²) in [5.41, 5.74) is 4.89. The first-order valence-corrected chi connectivity index (χ1v) is 11.4. The normalized spacial score (nSPS) is 21.6. The molecular formula is C25H23ClN3P. The molecule has 1 aliphatic heterocycles. The Hall–Kier alpha value is -2.45. The number of para-hydroxylation sites is 1. The Morgan fingerprint density at radius 3 is 2.13 bits per heavy atom. The van der Waals surface area contributed by atoms with Crippen molar-refractivity contribution in [3.05, 3.63) is 112 Å². The van der Waals surface area contributed by atoms with Crippen LogP contribution in [0.5, 0.6) is 0 Å².